The molecular formula is C15H17Cl2N3O. The fourth-order valence-corrected chi connectivity index (χ4v) is 2.85. The molecule has 1 aliphatic rings. The SMILES string of the molecule is N#CCCN1CCCC(C(=O)Nc2cc(Cl)ccc2Cl)C1. The van der Waals surface area contributed by atoms with Crippen LogP contribution in [-0.2, 0) is 4.79 Å². The number of rotatable bonds is 4. The first kappa shape index (κ1) is 16.1. The standard InChI is InChI=1S/C15H17Cl2N3O/c16-12-4-5-13(17)14(9-12)19-15(21)11-3-1-7-20(10-11)8-2-6-18/h4-5,9,11H,1-3,7-8,10H2,(H,19,21). The second-order valence-corrected chi connectivity index (χ2v) is 6.00. The van der Waals surface area contributed by atoms with Crippen LogP contribution in [0.25, 0.3) is 0 Å². The minimum Gasteiger partial charge on any atom is -0.324 e. The van der Waals surface area contributed by atoms with Crippen LogP contribution in [0.15, 0.2) is 18.2 Å². The zero-order chi connectivity index (χ0) is 15.2. The molecule has 0 bridgehead atoms. The number of benzene rings is 1. The topological polar surface area (TPSA) is 56.1 Å². The molecule has 1 saturated heterocycles. The van der Waals surface area contributed by atoms with Crippen molar-refractivity contribution in [3.05, 3.63) is 28.2 Å². The molecule has 1 aromatic rings. The number of likely N-dealkylation sites (tertiary alicyclic amines) is 1. The van der Waals surface area contributed by atoms with Gasteiger partial charge in [0.2, 0.25) is 5.91 Å². The number of hydrogen-bond donors (Lipinski definition) is 1. The summed E-state index contributed by atoms with van der Waals surface area (Å²) < 4.78 is 0. The lowest BCUT2D eigenvalue weighted by molar-refractivity contribution is -0.121. The van der Waals surface area contributed by atoms with E-state index in [1.54, 1.807) is 18.2 Å². The minimum absolute atomic E-state index is 0.0409. The maximum atomic E-state index is 12.3. The van der Waals surface area contributed by atoms with Crippen molar-refractivity contribution < 1.29 is 4.79 Å². The molecule has 1 heterocycles. The van der Waals surface area contributed by atoms with Gasteiger partial charge in [-0.3, -0.25) is 4.79 Å². The second-order valence-electron chi connectivity index (χ2n) is 5.16. The molecule has 2 rings (SSSR count). The lowest BCUT2D eigenvalue weighted by Crippen LogP contribution is -2.41. The highest BCUT2D eigenvalue weighted by Gasteiger charge is 2.25. The average molecular weight is 326 g/mol. The molecule has 1 aromatic carbocycles. The maximum absolute atomic E-state index is 12.3. The van der Waals surface area contributed by atoms with Gasteiger partial charge in [0.05, 0.1) is 22.7 Å². The quantitative estimate of drug-likeness (QED) is 0.920. The maximum Gasteiger partial charge on any atom is 0.228 e. The van der Waals surface area contributed by atoms with Gasteiger partial charge >= 0.3 is 0 Å². The summed E-state index contributed by atoms with van der Waals surface area (Å²) in [5, 5.41) is 12.5. The Kier molecular flexibility index (Phi) is 5.86. The van der Waals surface area contributed by atoms with Crippen LogP contribution in [0.3, 0.4) is 0 Å². The number of nitriles is 1. The van der Waals surface area contributed by atoms with E-state index in [0.29, 0.717) is 28.7 Å². The third kappa shape index (κ3) is 4.60. The number of nitrogens with one attached hydrogen (secondary N) is 1. The van der Waals surface area contributed by atoms with E-state index in [1.165, 1.54) is 0 Å². The van der Waals surface area contributed by atoms with Crippen LogP contribution in [0.4, 0.5) is 5.69 Å². The number of amides is 1. The number of nitrogens with zero attached hydrogens (tertiary/aromatic N) is 2. The van der Waals surface area contributed by atoms with Crippen molar-refractivity contribution in [1.82, 2.24) is 4.90 Å². The summed E-state index contributed by atoms with van der Waals surface area (Å²) in [6.45, 7) is 2.35. The first-order valence-corrected chi connectivity index (χ1v) is 7.71. The molecule has 0 radical (unpaired) electrons. The van der Waals surface area contributed by atoms with Gasteiger partial charge in [-0.15, -0.1) is 0 Å². The van der Waals surface area contributed by atoms with Gasteiger partial charge in [0.25, 0.3) is 0 Å². The molecule has 112 valence electrons. The summed E-state index contributed by atoms with van der Waals surface area (Å²) in [6.07, 6.45) is 2.31. The zero-order valence-corrected chi connectivity index (χ0v) is 13.1. The van der Waals surface area contributed by atoms with Crippen LogP contribution in [-0.4, -0.2) is 30.4 Å². The Hall–Kier alpha value is -1.28. The largest absolute Gasteiger partial charge is 0.324 e. The molecule has 1 atom stereocenters. The van der Waals surface area contributed by atoms with Gasteiger partial charge in [-0.25, -0.2) is 0 Å². The third-order valence-corrected chi connectivity index (χ3v) is 4.17. The molecule has 4 nitrogen and oxygen atoms in total. The molecule has 0 saturated carbocycles. The van der Waals surface area contributed by atoms with E-state index in [4.69, 9.17) is 28.5 Å². The van der Waals surface area contributed by atoms with Gasteiger partial charge in [-0.1, -0.05) is 23.2 Å². The molecule has 21 heavy (non-hydrogen) atoms. The van der Waals surface area contributed by atoms with E-state index < -0.39 is 0 Å². The summed E-state index contributed by atoms with van der Waals surface area (Å²) in [6, 6.07) is 7.14. The molecule has 1 fully saturated rings. The van der Waals surface area contributed by atoms with Crippen molar-refractivity contribution in [3.8, 4) is 6.07 Å². The number of hydrogen-bond acceptors (Lipinski definition) is 3. The number of halogens is 2. The summed E-state index contributed by atoms with van der Waals surface area (Å²) in [4.78, 5) is 14.5. The number of carbonyl (C=O) groups is 1. The highest BCUT2D eigenvalue weighted by Crippen LogP contribution is 2.27. The molecule has 1 unspecified atom stereocenters. The van der Waals surface area contributed by atoms with E-state index >= 15 is 0 Å². The van der Waals surface area contributed by atoms with Gasteiger partial charge in [0.15, 0.2) is 0 Å². The van der Waals surface area contributed by atoms with Gasteiger partial charge in [0, 0.05) is 24.5 Å². The van der Waals surface area contributed by atoms with Gasteiger partial charge in [-0.2, -0.15) is 5.26 Å². The Bertz CT molecular complexity index is 556. The first-order valence-electron chi connectivity index (χ1n) is 6.95. The van der Waals surface area contributed by atoms with E-state index in [-0.39, 0.29) is 11.8 Å². The van der Waals surface area contributed by atoms with Gasteiger partial charge in [-0.05, 0) is 37.6 Å². The summed E-state index contributed by atoms with van der Waals surface area (Å²) in [7, 11) is 0. The normalized spacial score (nSPS) is 19.0. The highest BCUT2D eigenvalue weighted by molar-refractivity contribution is 6.35. The monoisotopic (exact) mass is 325 g/mol. The van der Waals surface area contributed by atoms with Crippen molar-refractivity contribution >= 4 is 34.8 Å². The lowest BCUT2D eigenvalue weighted by Gasteiger charge is -2.31. The van der Waals surface area contributed by atoms with Crippen LogP contribution < -0.4 is 5.32 Å². The minimum atomic E-state index is -0.0764. The Morgan fingerprint density at radius 2 is 2.29 bits per heavy atom. The molecule has 1 aliphatic heterocycles. The summed E-state index contributed by atoms with van der Waals surface area (Å²) >= 11 is 12.0. The Labute approximate surface area is 134 Å². The fraction of sp³-hybridized carbons (Fsp3) is 0.467. The molecule has 0 spiro atoms. The number of piperidine rings is 1. The third-order valence-electron chi connectivity index (χ3n) is 3.60. The fourth-order valence-electron chi connectivity index (χ4n) is 2.51. The van der Waals surface area contributed by atoms with Crippen LogP contribution in [0.1, 0.15) is 19.3 Å². The Balaban J connectivity index is 1.96. The lowest BCUT2D eigenvalue weighted by atomic mass is 9.97. The molecule has 6 heteroatoms. The van der Waals surface area contributed by atoms with E-state index in [2.05, 4.69) is 16.3 Å². The van der Waals surface area contributed by atoms with Gasteiger partial charge < -0.3 is 10.2 Å². The summed E-state index contributed by atoms with van der Waals surface area (Å²) in [5.74, 6) is -0.117. The predicted molar refractivity (Wildman–Crippen MR) is 84.5 cm³/mol. The second kappa shape index (κ2) is 7.65. The predicted octanol–water partition coefficient (Wildman–Crippen LogP) is 3.56. The van der Waals surface area contributed by atoms with Crippen LogP contribution in [0.5, 0.6) is 0 Å². The van der Waals surface area contributed by atoms with E-state index in [1.807, 2.05) is 0 Å². The van der Waals surface area contributed by atoms with E-state index in [0.717, 1.165) is 25.9 Å². The van der Waals surface area contributed by atoms with Crippen LogP contribution >= 0.6 is 23.2 Å². The Morgan fingerprint density at radius 3 is 3.05 bits per heavy atom. The first-order chi connectivity index (χ1) is 10.1. The molecular weight excluding hydrogens is 309 g/mol. The zero-order valence-electron chi connectivity index (χ0n) is 11.6. The Morgan fingerprint density at radius 1 is 1.48 bits per heavy atom. The molecule has 1 N–H and O–H groups in total. The van der Waals surface area contributed by atoms with Crippen LogP contribution in [0, 0.1) is 17.2 Å². The smallest absolute Gasteiger partial charge is 0.228 e. The van der Waals surface area contributed by atoms with Crippen molar-refractivity contribution in [3.63, 3.8) is 0 Å². The highest BCUT2D eigenvalue weighted by atomic mass is 35.5. The molecule has 0 aromatic heterocycles. The number of anilines is 1. The van der Waals surface area contributed by atoms with Crippen LogP contribution in [0.2, 0.25) is 10.0 Å². The van der Waals surface area contributed by atoms with Crippen molar-refractivity contribution in [1.29, 1.82) is 5.26 Å². The van der Waals surface area contributed by atoms with E-state index in [9.17, 15) is 4.79 Å². The average Bonchev–Trinajstić information content (AvgIpc) is 2.49. The van der Waals surface area contributed by atoms with Crippen molar-refractivity contribution in [2.24, 2.45) is 5.92 Å². The number of carbonyl (C=O) groups excluding carboxylic acids is 1. The van der Waals surface area contributed by atoms with Gasteiger partial charge in [0.1, 0.15) is 0 Å². The summed E-state index contributed by atoms with van der Waals surface area (Å²) in [5.41, 5.74) is 0.545. The molecule has 1 amide bonds. The van der Waals surface area contributed by atoms with Crippen molar-refractivity contribution in [2.75, 3.05) is 25.0 Å². The molecule has 0 aliphatic carbocycles. The van der Waals surface area contributed by atoms with Crippen molar-refractivity contribution in [2.45, 2.75) is 19.3 Å².